The van der Waals surface area contributed by atoms with Crippen molar-refractivity contribution in [3.8, 4) is 26.7 Å². The van der Waals surface area contributed by atoms with Gasteiger partial charge in [0.05, 0.1) is 32.3 Å². The average Bonchev–Trinajstić information content (AvgIpc) is 3.51. The maximum atomic E-state index is 13.3. The normalized spacial score (nSPS) is 16.3. The van der Waals surface area contributed by atoms with Crippen molar-refractivity contribution in [1.29, 1.82) is 0 Å². The minimum Gasteiger partial charge on any atom is -0.391 e. The van der Waals surface area contributed by atoms with E-state index in [9.17, 15) is 18.3 Å². The van der Waals surface area contributed by atoms with E-state index in [2.05, 4.69) is 5.10 Å². The predicted molar refractivity (Wildman–Crippen MR) is 142 cm³/mol. The van der Waals surface area contributed by atoms with Gasteiger partial charge in [-0.25, -0.2) is 13.1 Å². The summed E-state index contributed by atoms with van der Waals surface area (Å²) in [6.07, 6.45) is 2.08. The Morgan fingerprint density at radius 1 is 1.08 bits per heavy atom. The molecular weight excluding hydrogens is 518 g/mol. The Labute approximate surface area is 218 Å². The monoisotopic (exact) mass is 541 g/mol. The molecule has 36 heavy (non-hydrogen) atoms. The first-order valence-electron chi connectivity index (χ1n) is 11.4. The molecule has 2 aromatic heterocycles. The number of thiophene rings is 1. The quantitative estimate of drug-likeness (QED) is 0.387. The number of halogens is 1. The number of aromatic nitrogens is 2. The van der Waals surface area contributed by atoms with Crippen molar-refractivity contribution in [2.75, 3.05) is 19.3 Å². The Kier molecular flexibility index (Phi) is 6.74. The van der Waals surface area contributed by atoms with Crippen molar-refractivity contribution in [1.82, 2.24) is 14.7 Å². The van der Waals surface area contributed by atoms with Gasteiger partial charge in [0, 0.05) is 24.2 Å². The molecule has 0 bridgehead atoms. The lowest BCUT2D eigenvalue weighted by Crippen LogP contribution is -2.42. The summed E-state index contributed by atoms with van der Waals surface area (Å²) in [6.45, 7) is 0.858. The lowest BCUT2D eigenvalue weighted by molar-refractivity contribution is 0.0468. The maximum absolute atomic E-state index is 13.3. The standard InChI is InChI=1S/C26H24ClN3O4S2/c1-36(33,34)19-8-4-6-17(14-19)24-11-12-25(35-24)23-15-21(26(32)29-13-5-7-18(31)16-29)28-30(23)22-10-3-2-9-20(22)27/h2-4,6,8-12,14-15,18,31H,5,7,13,16H2,1H3. The van der Waals surface area contributed by atoms with Gasteiger partial charge in [0.1, 0.15) is 0 Å². The number of likely N-dealkylation sites (tertiary alicyclic amines) is 1. The largest absolute Gasteiger partial charge is 0.391 e. The number of benzene rings is 2. The van der Waals surface area contributed by atoms with E-state index in [0.29, 0.717) is 29.4 Å². The number of aliphatic hydroxyl groups is 1. The van der Waals surface area contributed by atoms with E-state index < -0.39 is 15.9 Å². The van der Waals surface area contributed by atoms with Crippen LogP contribution in [0.4, 0.5) is 0 Å². The fourth-order valence-electron chi connectivity index (χ4n) is 4.28. The molecule has 1 unspecified atom stereocenters. The van der Waals surface area contributed by atoms with Crippen LogP contribution in [0.15, 0.2) is 71.6 Å². The molecule has 10 heteroatoms. The number of nitrogens with zero attached hydrogens (tertiary/aromatic N) is 3. The summed E-state index contributed by atoms with van der Waals surface area (Å²) in [5.41, 5.74) is 2.39. The van der Waals surface area contributed by atoms with Gasteiger partial charge in [0.25, 0.3) is 5.91 Å². The van der Waals surface area contributed by atoms with Gasteiger partial charge in [0.15, 0.2) is 15.5 Å². The van der Waals surface area contributed by atoms with Crippen LogP contribution in [0.3, 0.4) is 0 Å². The van der Waals surface area contributed by atoms with Gasteiger partial charge in [-0.3, -0.25) is 4.79 Å². The maximum Gasteiger partial charge on any atom is 0.274 e. The molecule has 1 N–H and O–H groups in total. The molecule has 5 rings (SSSR count). The van der Waals surface area contributed by atoms with Gasteiger partial charge in [-0.05, 0) is 60.9 Å². The van der Waals surface area contributed by atoms with E-state index >= 15 is 0 Å². The van der Waals surface area contributed by atoms with Gasteiger partial charge in [-0.2, -0.15) is 5.10 Å². The predicted octanol–water partition coefficient (Wildman–Crippen LogP) is 4.92. The van der Waals surface area contributed by atoms with Crippen molar-refractivity contribution in [3.05, 3.63) is 77.4 Å². The molecule has 1 amide bonds. The summed E-state index contributed by atoms with van der Waals surface area (Å²) in [7, 11) is -3.33. The number of amides is 1. The van der Waals surface area contributed by atoms with Gasteiger partial charge in [-0.15, -0.1) is 11.3 Å². The van der Waals surface area contributed by atoms with Crippen LogP contribution in [0.5, 0.6) is 0 Å². The van der Waals surface area contributed by atoms with Crippen LogP contribution < -0.4 is 0 Å². The zero-order valence-corrected chi connectivity index (χ0v) is 21.9. The van der Waals surface area contributed by atoms with E-state index in [1.807, 2.05) is 36.4 Å². The molecule has 0 radical (unpaired) electrons. The fraction of sp³-hybridized carbons (Fsp3) is 0.231. The average molecular weight is 542 g/mol. The second kappa shape index (κ2) is 9.82. The molecule has 1 saturated heterocycles. The molecule has 0 saturated carbocycles. The molecule has 3 heterocycles. The van der Waals surface area contributed by atoms with Crippen LogP contribution in [0.25, 0.3) is 26.7 Å². The minimum absolute atomic E-state index is 0.238. The van der Waals surface area contributed by atoms with E-state index in [-0.39, 0.29) is 23.0 Å². The third-order valence-electron chi connectivity index (χ3n) is 6.10. The molecule has 1 fully saturated rings. The Morgan fingerprint density at radius 3 is 2.61 bits per heavy atom. The van der Waals surface area contributed by atoms with E-state index in [0.717, 1.165) is 21.7 Å². The molecule has 7 nitrogen and oxygen atoms in total. The number of β-amino-alcohol motifs (C(OH)–C–C–N with tert-alkyl or cyclic N) is 1. The molecule has 4 aromatic rings. The zero-order valence-electron chi connectivity index (χ0n) is 19.5. The molecular formula is C26H24ClN3O4S2. The first-order chi connectivity index (χ1) is 17.2. The summed E-state index contributed by atoms with van der Waals surface area (Å²) >= 11 is 7.96. The second-order valence-electron chi connectivity index (χ2n) is 8.79. The van der Waals surface area contributed by atoms with Crippen molar-refractivity contribution < 1.29 is 18.3 Å². The summed E-state index contributed by atoms with van der Waals surface area (Å²) in [5.74, 6) is -0.238. The summed E-state index contributed by atoms with van der Waals surface area (Å²) in [4.78, 5) is 16.9. The topological polar surface area (TPSA) is 92.5 Å². The highest BCUT2D eigenvalue weighted by Crippen LogP contribution is 2.37. The molecule has 186 valence electrons. The fourth-order valence-corrected chi connectivity index (χ4v) is 6.17. The van der Waals surface area contributed by atoms with Crippen LogP contribution in [0.2, 0.25) is 5.02 Å². The van der Waals surface area contributed by atoms with Gasteiger partial charge in [0.2, 0.25) is 0 Å². The summed E-state index contributed by atoms with van der Waals surface area (Å²) in [5, 5.41) is 15.2. The third kappa shape index (κ3) is 4.97. The second-order valence-corrected chi connectivity index (χ2v) is 12.3. The zero-order chi connectivity index (χ0) is 25.4. The Balaban J connectivity index is 1.57. The smallest absolute Gasteiger partial charge is 0.274 e. The molecule has 1 aliphatic rings. The third-order valence-corrected chi connectivity index (χ3v) is 8.68. The summed E-state index contributed by atoms with van der Waals surface area (Å²) in [6, 6.07) is 19.7. The number of rotatable bonds is 5. The molecule has 1 atom stereocenters. The number of hydrogen-bond acceptors (Lipinski definition) is 6. The first kappa shape index (κ1) is 24.7. The molecule has 0 spiro atoms. The van der Waals surface area contributed by atoms with Gasteiger partial charge < -0.3 is 10.0 Å². The molecule has 1 aliphatic heterocycles. The Bertz CT molecular complexity index is 1540. The SMILES string of the molecule is CS(=O)(=O)c1cccc(-c2ccc(-c3cc(C(=O)N4CCCC(O)C4)nn3-c3ccccc3Cl)s2)c1. The minimum atomic E-state index is -3.33. The molecule has 0 aliphatic carbocycles. The number of hydrogen-bond donors (Lipinski definition) is 1. The number of para-hydroxylation sites is 1. The number of aliphatic hydroxyl groups excluding tert-OH is 1. The van der Waals surface area contributed by atoms with Gasteiger partial charge >= 0.3 is 0 Å². The molecule has 2 aromatic carbocycles. The van der Waals surface area contributed by atoms with Crippen LogP contribution in [0, 0.1) is 0 Å². The number of carbonyl (C=O) groups is 1. The van der Waals surface area contributed by atoms with Crippen molar-refractivity contribution in [3.63, 3.8) is 0 Å². The lowest BCUT2D eigenvalue weighted by atomic mass is 10.1. The first-order valence-corrected chi connectivity index (χ1v) is 14.5. The number of piperidine rings is 1. The van der Waals surface area contributed by atoms with Crippen LogP contribution in [-0.2, 0) is 9.84 Å². The van der Waals surface area contributed by atoms with Crippen molar-refractivity contribution in [2.45, 2.75) is 23.8 Å². The van der Waals surface area contributed by atoms with Crippen LogP contribution >= 0.6 is 22.9 Å². The summed E-state index contributed by atoms with van der Waals surface area (Å²) < 4.78 is 25.7. The van der Waals surface area contributed by atoms with Crippen molar-refractivity contribution >= 4 is 38.7 Å². The highest BCUT2D eigenvalue weighted by molar-refractivity contribution is 7.90. The number of carbonyl (C=O) groups excluding carboxylic acids is 1. The number of sulfone groups is 1. The highest BCUT2D eigenvalue weighted by Gasteiger charge is 2.27. The lowest BCUT2D eigenvalue weighted by Gasteiger charge is -2.29. The van der Waals surface area contributed by atoms with Gasteiger partial charge in [-0.1, -0.05) is 35.9 Å². The van der Waals surface area contributed by atoms with E-state index in [1.165, 1.54) is 17.6 Å². The Morgan fingerprint density at radius 2 is 1.86 bits per heavy atom. The van der Waals surface area contributed by atoms with Crippen LogP contribution in [-0.4, -0.2) is 59.6 Å². The van der Waals surface area contributed by atoms with E-state index in [1.54, 1.807) is 39.9 Å². The van der Waals surface area contributed by atoms with Crippen molar-refractivity contribution in [2.24, 2.45) is 0 Å². The Hall–Kier alpha value is -2.98. The highest BCUT2D eigenvalue weighted by atomic mass is 35.5. The van der Waals surface area contributed by atoms with Crippen LogP contribution in [0.1, 0.15) is 23.3 Å². The van der Waals surface area contributed by atoms with E-state index in [4.69, 9.17) is 11.6 Å².